The Labute approximate surface area is 67.9 Å². The molecule has 11 heavy (non-hydrogen) atoms. The molecule has 1 aliphatic carbocycles. The van der Waals surface area contributed by atoms with Crippen LogP contribution in [0, 0.1) is 0 Å². The van der Waals surface area contributed by atoms with Gasteiger partial charge in [-0.15, -0.1) is 0 Å². The molecule has 1 aliphatic rings. The maximum Gasteiger partial charge on any atom is 0.0838 e. The van der Waals surface area contributed by atoms with Gasteiger partial charge in [0, 0.05) is 7.11 Å². The largest absolute Gasteiger partial charge is 0.390 e. The molecule has 2 heteroatoms. The summed E-state index contributed by atoms with van der Waals surface area (Å²) < 4.78 is 5.12. The van der Waals surface area contributed by atoms with E-state index in [1.165, 1.54) is 5.57 Å². The summed E-state index contributed by atoms with van der Waals surface area (Å²) in [6.07, 6.45) is 4.67. The minimum Gasteiger partial charge on any atom is -0.390 e. The van der Waals surface area contributed by atoms with Crippen LogP contribution in [-0.4, -0.2) is 24.4 Å². The summed E-state index contributed by atoms with van der Waals surface area (Å²) in [4.78, 5) is 0. The number of aliphatic hydroxyl groups excluding tert-OH is 1. The van der Waals surface area contributed by atoms with Crippen molar-refractivity contribution in [2.75, 3.05) is 7.11 Å². The Hall–Kier alpha value is -0.340. The molecule has 0 spiro atoms. The number of ether oxygens (including phenoxy) is 1. The van der Waals surface area contributed by atoms with Crippen LogP contribution in [-0.2, 0) is 4.74 Å². The quantitative estimate of drug-likeness (QED) is 0.583. The van der Waals surface area contributed by atoms with Gasteiger partial charge in [0.2, 0.25) is 0 Å². The van der Waals surface area contributed by atoms with Crippen molar-refractivity contribution in [3.8, 4) is 0 Å². The van der Waals surface area contributed by atoms with Gasteiger partial charge >= 0.3 is 0 Å². The fourth-order valence-electron chi connectivity index (χ4n) is 1.56. The van der Waals surface area contributed by atoms with Crippen LogP contribution in [0.4, 0.5) is 0 Å². The zero-order valence-corrected chi connectivity index (χ0v) is 7.21. The van der Waals surface area contributed by atoms with Crippen LogP contribution in [0.1, 0.15) is 26.2 Å². The van der Waals surface area contributed by atoms with Crippen molar-refractivity contribution in [3.05, 3.63) is 11.6 Å². The first-order valence-electron chi connectivity index (χ1n) is 4.13. The highest BCUT2D eigenvalue weighted by atomic mass is 16.5. The molecule has 1 fully saturated rings. The third-order valence-corrected chi connectivity index (χ3v) is 2.36. The SMILES string of the molecule is C/C=C1/CCC(OC)C(O)C1. The van der Waals surface area contributed by atoms with Gasteiger partial charge in [-0.3, -0.25) is 0 Å². The summed E-state index contributed by atoms with van der Waals surface area (Å²) in [5.41, 5.74) is 1.35. The molecule has 1 N–H and O–H groups in total. The Balaban J connectivity index is 2.47. The number of methoxy groups -OCH3 is 1. The van der Waals surface area contributed by atoms with Gasteiger partial charge in [-0.2, -0.15) is 0 Å². The van der Waals surface area contributed by atoms with Crippen LogP contribution in [0.15, 0.2) is 11.6 Å². The molecule has 1 rings (SSSR count). The number of hydrogen-bond donors (Lipinski definition) is 1. The zero-order chi connectivity index (χ0) is 8.27. The molecule has 0 saturated heterocycles. The summed E-state index contributed by atoms with van der Waals surface area (Å²) in [5.74, 6) is 0. The monoisotopic (exact) mass is 156 g/mol. The summed E-state index contributed by atoms with van der Waals surface area (Å²) in [7, 11) is 1.66. The third-order valence-electron chi connectivity index (χ3n) is 2.36. The normalized spacial score (nSPS) is 36.1. The van der Waals surface area contributed by atoms with Crippen LogP contribution in [0.2, 0.25) is 0 Å². The van der Waals surface area contributed by atoms with E-state index < -0.39 is 0 Å². The van der Waals surface area contributed by atoms with E-state index in [-0.39, 0.29) is 12.2 Å². The van der Waals surface area contributed by atoms with Crippen molar-refractivity contribution in [3.63, 3.8) is 0 Å². The van der Waals surface area contributed by atoms with Crippen LogP contribution in [0.3, 0.4) is 0 Å². The van der Waals surface area contributed by atoms with Crippen LogP contribution in [0.5, 0.6) is 0 Å². The number of aliphatic hydroxyl groups is 1. The minimum atomic E-state index is -0.292. The van der Waals surface area contributed by atoms with Gasteiger partial charge in [-0.25, -0.2) is 0 Å². The lowest BCUT2D eigenvalue weighted by Gasteiger charge is -2.27. The Morgan fingerprint density at radius 1 is 1.64 bits per heavy atom. The van der Waals surface area contributed by atoms with Crippen molar-refractivity contribution in [1.29, 1.82) is 0 Å². The van der Waals surface area contributed by atoms with Crippen LogP contribution >= 0.6 is 0 Å². The molecule has 2 nitrogen and oxygen atoms in total. The molecular weight excluding hydrogens is 140 g/mol. The molecule has 1 saturated carbocycles. The molecule has 0 aromatic rings. The smallest absolute Gasteiger partial charge is 0.0838 e. The lowest BCUT2D eigenvalue weighted by atomic mass is 9.90. The topological polar surface area (TPSA) is 29.5 Å². The number of hydrogen-bond acceptors (Lipinski definition) is 2. The first-order chi connectivity index (χ1) is 5.27. The molecule has 0 aromatic heterocycles. The highest BCUT2D eigenvalue weighted by Gasteiger charge is 2.24. The molecule has 0 radical (unpaired) electrons. The second kappa shape index (κ2) is 3.88. The molecule has 0 aromatic carbocycles. The Kier molecular flexibility index (Phi) is 3.09. The van der Waals surface area contributed by atoms with Gasteiger partial charge in [0.05, 0.1) is 12.2 Å². The van der Waals surface area contributed by atoms with Crippen molar-refractivity contribution in [1.82, 2.24) is 0 Å². The highest BCUT2D eigenvalue weighted by molar-refractivity contribution is 5.06. The second-order valence-corrected chi connectivity index (χ2v) is 3.03. The Morgan fingerprint density at radius 2 is 2.36 bits per heavy atom. The van der Waals surface area contributed by atoms with Crippen molar-refractivity contribution in [2.45, 2.75) is 38.4 Å². The van der Waals surface area contributed by atoms with Gasteiger partial charge < -0.3 is 9.84 Å². The van der Waals surface area contributed by atoms with Crippen LogP contribution < -0.4 is 0 Å². The Bertz CT molecular complexity index is 152. The average Bonchev–Trinajstić information content (AvgIpc) is 2.04. The summed E-state index contributed by atoms with van der Waals surface area (Å²) in [6, 6.07) is 0. The van der Waals surface area contributed by atoms with E-state index in [2.05, 4.69) is 6.08 Å². The van der Waals surface area contributed by atoms with Gasteiger partial charge in [0.15, 0.2) is 0 Å². The van der Waals surface area contributed by atoms with Gasteiger partial charge in [-0.1, -0.05) is 11.6 Å². The zero-order valence-electron chi connectivity index (χ0n) is 7.21. The van der Waals surface area contributed by atoms with Crippen molar-refractivity contribution in [2.24, 2.45) is 0 Å². The minimum absolute atomic E-state index is 0.0544. The van der Waals surface area contributed by atoms with E-state index in [1.54, 1.807) is 7.11 Å². The lowest BCUT2D eigenvalue weighted by Crippen LogP contribution is -2.32. The molecule has 0 amide bonds. The standard InChI is InChI=1S/C9H16O2/c1-3-7-4-5-9(11-2)8(10)6-7/h3,8-10H,4-6H2,1-2H3/b7-3-. The predicted octanol–water partition coefficient (Wildman–Crippen LogP) is 1.49. The van der Waals surface area contributed by atoms with E-state index in [4.69, 9.17) is 4.74 Å². The van der Waals surface area contributed by atoms with E-state index in [0.717, 1.165) is 19.3 Å². The summed E-state index contributed by atoms with van der Waals surface area (Å²) in [5, 5.41) is 9.50. The second-order valence-electron chi connectivity index (χ2n) is 3.03. The average molecular weight is 156 g/mol. The first-order valence-corrected chi connectivity index (χ1v) is 4.13. The van der Waals surface area contributed by atoms with E-state index in [0.29, 0.717) is 0 Å². The molecule has 2 unspecified atom stereocenters. The maximum atomic E-state index is 9.50. The van der Waals surface area contributed by atoms with Gasteiger partial charge in [-0.05, 0) is 26.2 Å². The summed E-state index contributed by atoms with van der Waals surface area (Å²) in [6.45, 7) is 2.02. The van der Waals surface area contributed by atoms with Crippen molar-refractivity contribution < 1.29 is 9.84 Å². The number of rotatable bonds is 1. The summed E-state index contributed by atoms with van der Waals surface area (Å²) >= 11 is 0. The van der Waals surface area contributed by atoms with Gasteiger partial charge in [0.25, 0.3) is 0 Å². The first kappa shape index (κ1) is 8.75. The van der Waals surface area contributed by atoms with Crippen LogP contribution in [0.25, 0.3) is 0 Å². The van der Waals surface area contributed by atoms with E-state index in [1.807, 2.05) is 6.92 Å². The predicted molar refractivity (Wildman–Crippen MR) is 44.4 cm³/mol. The number of allylic oxidation sites excluding steroid dienone is 1. The van der Waals surface area contributed by atoms with Gasteiger partial charge in [0.1, 0.15) is 0 Å². The molecule has 0 heterocycles. The third kappa shape index (κ3) is 2.04. The highest BCUT2D eigenvalue weighted by Crippen LogP contribution is 2.25. The van der Waals surface area contributed by atoms with Crippen molar-refractivity contribution >= 4 is 0 Å². The molecule has 0 bridgehead atoms. The van der Waals surface area contributed by atoms with E-state index >= 15 is 0 Å². The Morgan fingerprint density at radius 3 is 2.82 bits per heavy atom. The molecule has 2 atom stereocenters. The molecular formula is C9H16O2. The molecule has 64 valence electrons. The lowest BCUT2D eigenvalue weighted by molar-refractivity contribution is -0.0251. The van der Waals surface area contributed by atoms with E-state index in [9.17, 15) is 5.11 Å². The fourth-order valence-corrected chi connectivity index (χ4v) is 1.56. The fraction of sp³-hybridized carbons (Fsp3) is 0.778. The molecule has 0 aliphatic heterocycles. The maximum absolute atomic E-state index is 9.50.